The van der Waals surface area contributed by atoms with Gasteiger partial charge in [0.25, 0.3) is 0 Å². The predicted molar refractivity (Wildman–Crippen MR) is 85.5 cm³/mol. The minimum atomic E-state index is -3.13. The zero-order valence-electron chi connectivity index (χ0n) is 13.4. The van der Waals surface area contributed by atoms with E-state index in [0.717, 1.165) is 12.0 Å². The van der Waals surface area contributed by atoms with Gasteiger partial charge in [0.1, 0.15) is 5.75 Å². The molecular weight excluding hydrogens is 286 g/mol. The van der Waals surface area contributed by atoms with Crippen molar-refractivity contribution in [2.75, 3.05) is 12.8 Å². The van der Waals surface area contributed by atoms with Crippen LogP contribution in [-0.4, -0.2) is 31.1 Å². The number of benzene rings is 1. The summed E-state index contributed by atoms with van der Waals surface area (Å²) in [5.74, 6) is 0.667. The molecule has 1 aromatic rings. The third kappa shape index (κ3) is 2.94. The molecule has 0 radical (unpaired) electrons. The van der Waals surface area contributed by atoms with Crippen LogP contribution in [0.2, 0.25) is 0 Å². The Bertz CT molecular complexity index is 650. The molecule has 1 aromatic carbocycles. The second-order valence-electron chi connectivity index (χ2n) is 6.83. The Hall–Kier alpha value is -1.07. The molecule has 0 heterocycles. The van der Waals surface area contributed by atoms with Crippen LogP contribution in [0.4, 0.5) is 0 Å². The van der Waals surface area contributed by atoms with Gasteiger partial charge in [-0.05, 0) is 50.3 Å². The number of aromatic hydroxyl groups is 1. The van der Waals surface area contributed by atoms with Crippen molar-refractivity contribution in [1.29, 1.82) is 0 Å². The Labute approximate surface area is 127 Å². The number of nitrogens with one attached hydrogen (secondary N) is 1. The maximum Gasteiger partial charge on any atom is 0.153 e. The van der Waals surface area contributed by atoms with Crippen molar-refractivity contribution in [3.8, 4) is 5.75 Å². The van der Waals surface area contributed by atoms with E-state index in [9.17, 15) is 13.5 Å². The molecule has 0 aliphatic heterocycles. The molecule has 0 fully saturated rings. The number of phenols is 1. The maximum absolute atomic E-state index is 11.8. The fourth-order valence-corrected chi connectivity index (χ4v) is 3.37. The Morgan fingerprint density at radius 3 is 2.52 bits per heavy atom. The highest BCUT2D eigenvalue weighted by atomic mass is 32.2. The average molecular weight is 311 g/mol. The first-order valence-electron chi connectivity index (χ1n) is 7.30. The van der Waals surface area contributed by atoms with E-state index in [1.807, 2.05) is 6.07 Å². The molecule has 5 heteroatoms. The highest BCUT2D eigenvalue weighted by molar-refractivity contribution is 7.92. The van der Waals surface area contributed by atoms with Gasteiger partial charge >= 0.3 is 0 Å². The molecule has 0 aromatic heterocycles. The zero-order valence-corrected chi connectivity index (χ0v) is 14.2. The highest BCUT2D eigenvalue weighted by Gasteiger charge is 2.35. The first kappa shape index (κ1) is 16.3. The summed E-state index contributed by atoms with van der Waals surface area (Å²) in [5, 5.41) is 13.5. The van der Waals surface area contributed by atoms with Crippen molar-refractivity contribution in [3.05, 3.63) is 28.8 Å². The van der Waals surface area contributed by atoms with E-state index in [1.54, 1.807) is 19.9 Å². The van der Waals surface area contributed by atoms with Crippen LogP contribution in [0.3, 0.4) is 0 Å². The van der Waals surface area contributed by atoms with E-state index in [2.05, 4.69) is 19.2 Å². The van der Waals surface area contributed by atoms with E-state index in [4.69, 9.17) is 0 Å². The van der Waals surface area contributed by atoms with Crippen molar-refractivity contribution in [1.82, 2.24) is 5.32 Å². The van der Waals surface area contributed by atoms with Crippen LogP contribution in [0.25, 0.3) is 0 Å². The van der Waals surface area contributed by atoms with Gasteiger partial charge in [0.2, 0.25) is 0 Å². The van der Waals surface area contributed by atoms with Crippen LogP contribution >= 0.6 is 0 Å². The molecule has 0 spiro atoms. The molecule has 0 saturated heterocycles. The van der Waals surface area contributed by atoms with Crippen LogP contribution < -0.4 is 5.32 Å². The Morgan fingerprint density at radius 2 is 1.95 bits per heavy atom. The third-order valence-corrected chi connectivity index (χ3v) is 6.84. The number of hydrogen-bond acceptors (Lipinski definition) is 4. The molecule has 0 bridgehead atoms. The van der Waals surface area contributed by atoms with Crippen molar-refractivity contribution in [2.24, 2.45) is 0 Å². The Balaban J connectivity index is 2.25. The number of hydrogen-bond donors (Lipinski definition) is 2. The molecule has 0 amide bonds. The van der Waals surface area contributed by atoms with Crippen LogP contribution in [-0.2, 0) is 9.84 Å². The van der Waals surface area contributed by atoms with Crippen molar-refractivity contribution >= 4 is 9.84 Å². The molecule has 2 atom stereocenters. The normalized spacial score (nSPS) is 22.3. The van der Waals surface area contributed by atoms with Gasteiger partial charge in [0.05, 0.1) is 4.75 Å². The lowest BCUT2D eigenvalue weighted by molar-refractivity contribution is 0.431. The van der Waals surface area contributed by atoms with E-state index in [-0.39, 0.29) is 6.04 Å². The second-order valence-corrected chi connectivity index (χ2v) is 9.48. The number of aryl methyl sites for hydroxylation is 1. The molecular formula is C16H25NO3S. The van der Waals surface area contributed by atoms with Crippen LogP contribution in [0.15, 0.2) is 12.1 Å². The fraction of sp³-hybridized carbons (Fsp3) is 0.625. The molecule has 1 aliphatic rings. The van der Waals surface area contributed by atoms with Crippen molar-refractivity contribution in [3.63, 3.8) is 0 Å². The minimum Gasteiger partial charge on any atom is -0.508 e. The average Bonchev–Trinajstić information content (AvgIpc) is 2.69. The maximum atomic E-state index is 11.8. The topological polar surface area (TPSA) is 66.4 Å². The van der Waals surface area contributed by atoms with Gasteiger partial charge in [-0.25, -0.2) is 8.42 Å². The molecule has 2 N–H and O–H groups in total. The lowest BCUT2D eigenvalue weighted by Gasteiger charge is -2.26. The van der Waals surface area contributed by atoms with Gasteiger partial charge in [-0.1, -0.05) is 13.0 Å². The summed E-state index contributed by atoms with van der Waals surface area (Å²) in [6.07, 6.45) is 2.15. The molecule has 21 heavy (non-hydrogen) atoms. The lowest BCUT2D eigenvalue weighted by Crippen LogP contribution is -2.42. The lowest BCUT2D eigenvalue weighted by atomic mass is 9.97. The summed E-state index contributed by atoms with van der Waals surface area (Å²) >= 11 is 0. The number of phenolic OH excluding ortho intramolecular Hbond substituents is 1. The number of rotatable bonds is 4. The Kier molecular flexibility index (Phi) is 4.10. The summed E-state index contributed by atoms with van der Waals surface area (Å²) in [7, 11) is -3.13. The predicted octanol–water partition coefficient (Wildman–Crippen LogP) is 2.66. The van der Waals surface area contributed by atoms with Gasteiger partial charge in [0.15, 0.2) is 9.84 Å². The van der Waals surface area contributed by atoms with E-state index in [0.29, 0.717) is 18.2 Å². The molecule has 4 nitrogen and oxygen atoms in total. The quantitative estimate of drug-likeness (QED) is 0.897. The van der Waals surface area contributed by atoms with Gasteiger partial charge in [0, 0.05) is 24.4 Å². The van der Waals surface area contributed by atoms with Crippen LogP contribution in [0.5, 0.6) is 5.75 Å². The molecule has 2 rings (SSSR count). The third-order valence-electron chi connectivity index (χ3n) is 4.69. The zero-order chi connectivity index (χ0) is 16.0. The first-order valence-corrected chi connectivity index (χ1v) is 9.19. The van der Waals surface area contributed by atoms with Gasteiger partial charge < -0.3 is 10.4 Å². The van der Waals surface area contributed by atoms with Crippen molar-refractivity contribution in [2.45, 2.75) is 50.8 Å². The van der Waals surface area contributed by atoms with E-state index < -0.39 is 14.6 Å². The summed E-state index contributed by atoms with van der Waals surface area (Å²) in [4.78, 5) is 0. The largest absolute Gasteiger partial charge is 0.508 e. The highest BCUT2D eigenvalue weighted by Crippen LogP contribution is 2.46. The number of sulfone groups is 1. The molecule has 118 valence electrons. The van der Waals surface area contributed by atoms with Crippen LogP contribution in [0.1, 0.15) is 55.8 Å². The standard InChI is InChI=1S/C16H25NO3S/c1-10-6-7-13(18)15-12(8-11(2)14(10)15)17-9-16(3,4)21(5,19)20/h6-7,11-12,17-18H,8-9H2,1-5H3. The van der Waals surface area contributed by atoms with E-state index in [1.165, 1.54) is 17.4 Å². The first-order chi connectivity index (χ1) is 9.54. The second kappa shape index (κ2) is 5.29. The SMILES string of the molecule is Cc1ccc(O)c2c1C(C)CC2NCC(C)(C)S(C)(=O)=O. The minimum absolute atomic E-state index is 0.0101. The molecule has 2 unspecified atom stereocenters. The summed E-state index contributed by atoms with van der Waals surface area (Å²) in [6.45, 7) is 8.03. The van der Waals surface area contributed by atoms with Crippen molar-refractivity contribution < 1.29 is 13.5 Å². The number of fused-ring (bicyclic) bond motifs is 1. The monoisotopic (exact) mass is 311 g/mol. The summed E-state index contributed by atoms with van der Waals surface area (Å²) in [5.41, 5.74) is 3.32. The smallest absolute Gasteiger partial charge is 0.153 e. The van der Waals surface area contributed by atoms with E-state index >= 15 is 0 Å². The van der Waals surface area contributed by atoms with Gasteiger partial charge in [-0.2, -0.15) is 0 Å². The fourth-order valence-electron chi connectivity index (χ4n) is 3.03. The summed E-state index contributed by atoms with van der Waals surface area (Å²) in [6, 6.07) is 3.67. The Morgan fingerprint density at radius 1 is 1.33 bits per heavy atom. The summed E-state index contributed by atoms with van der Waals surface area (Å²) < 4.78 is 22.8. The van der Waals surface area contributed by atoms with Crippen LogP contribution in [0, 0.1) is 6.92 Å². The molecule has 0 saturated carbocycles. The van der Waals surface area contributed by atoms with Gasteiger partial charge in [-0.3, -0.25) is 0 Å². The van der Waals surface area contributed by atoms with Gasteiger partial charge in [-0.15, -0.1) is 0 Å². The molecule has 1 aliphatic carbocycles.